The second-order valence-corrected chi connectivity index (χ2v) is 4.03. The summed E-state index contributed by atoms with van der Waals surface area (Å²) in [6.45, 7) is 3.79. The van der Waals surface area contributed by atoms with Gasteiger partial charge in [-0.15, -0.1) is 0 Å². The summed E-state index contributed by atoms with van der Waals surface area (Å²) in [6, 6.07) is 4.04. The van der Waals surface area contributed by atoms with Crippen LogP contribution in [-0.2, 0) is 11.3 Å². The van der Waals surface area contributed by atoms with Gasteiger partial charge >= 0.3 is 5.97 Å². The third-order valence-electron chi connectivity index (χ3n) is 2.19. The Morgan fingerprint density at radius 3 is 2.84 bits per heavy atom. The van der Waals surface area contributed by atoms with E-state index in [-0.39, 0.29) is 5.02 Å². The molecule has 0 bridgehead atoms. The molecule has 0 amide bonds. The van der Waals surface area contributed by atoms with E-state index < -0.39 is 11.8 Å². The largest absolute Gasteiger partial charge is 0.478 e. The molecule has 0 aromatic heterocycles. The van der Waals surface area contributed by atoms with Crippen molar-refractivity contribution in [1.82, 2.24) is 5.32 Å². The van der Waals surface area contributed by atoms with Crippen molar-refractivity contribution in [1.29, 1.82) is 0 Å². The molecular weight excluding hydrogens is 269 g/mol. The standard InChI is InChI=1S/C14H13ClFNO2/c1-2-3-4-12(8-14(18)19)17-9-10-5-6-11(16)7-13(10)15/h2-8,17H,1,9H2,(H,18,19)/b4-3-,12-8-. The van der Waals surface area contributed by atoms with Crippen LogP contribution in [0, 0.1) is 5.82 Å². The van der Waals surface area contributed by atoms with Crippen LogP contribution in [0.2, 0.25) is 5.02 Å². The van der Waals surface area contributed by atoms with E-state index in [0.717, 1.165) is 6.08 Å². The number of benzene rings is 1. The third-order valence-corrected chi connectivity index (χ3v) is 2.54. The Bertz CT molecular complexity index is 538. The molecular formula is C14H13ClFNO2. The van der Waals surface area contributed by atoms with Crippen molar-refractivity contribution in [2.75, 3.05) is 0 Å². The van der Waals surface area contributed by atoms with Crippen molar-refractivity contribution in [2.45, 2.75) is 6.54 Å². The normalized spacial score (nSPS) is 11.6. The minimum atomic E-state index is -1.07. The van der Waals surface area contributed by atoms with Gasteiger partial charge in [0.15, 0.2) is 0 Å². The van der Waals surface area contributed by atoms with Crippen LogP contribution in [0.5, 0.6) is 0 Å². The van der Waals surface area contributed by atoms with Crippen LogP contribution in [0.1, 0.15) is 5.56 Å². The summed E-state index contributed by atoms with van der Waals surface area (Å²) in [5.74, 6) is -1.48. The molecule has 0 aliphatic heterocycles. The molecule has 0 spiro atoms. The SMILES string of the molecule is C=C/C=C\C(=C\C(=O)O)NCc1ccc(F)cc1Cl. The minimum absolute atomic E-state index is 0.287. The molecule has 2 N–H and O–H groups in total. The lowest BCUT2D eigenvalue weighted by atomic mass is 10.2. The maximum atomic E-state index is 12.9. The predicted molar refractivity (Wildman–Crippen MR) is 73.3 cm³/mol. The maximum Gasteiger partial charge on any atom is 0.330 e. The molecule has 1 aromatic carbocycles. The first-order chi connectivity index (χ1) is 9.02. The molecule has 0 radical (unpaired) electrons. The number of nitrogens with one attached hydrogen (secondary N) is 1. The second-order valence-electron chi connectivity index (χ2n) is 3.62. The van der Waals surface area contributed by atoms with Gasteiger partial charge in [-0.1, -0.05) is 36.4 Å². The lowest BCUT2D eigenvalue weighted by Crippen LogP contribution is -2.13. The lowest BCUT2D eigenvalue weighted by Gasteiger charge is -2.08. The first-order valence-corrected chi connectivity index (χ1v) is 5.82. The fourth-order valence-electron chi connectivity index (χ4n) is 1.33. The van der Waals surface area contributed by atoms with Gasteiger partial charge in [-0.25, -0.2) is 9.18 Å². The van der Waals surface area contributed by atoms with Crippen LogP contribution in [-0.4, -0.2) is 11.1 Å². The molecule has 100 valence electrons. The summed E-state index contributed by atoms with van der Waals surface area (Å²) >= 11 is 5.87. The number of rotatable bonds is 6. The predicted octanol–water partition coefficient (Wildman–Crippen LogP) is 3.28. The summed E-state index contributed by atoms with van der Waals surface area (Å²) in [4.78, 5) is 10.6. The van der Waals surface area contributed by atoms with E-state index in [0.29, 0.717) is 17.8 Å². The minimum Gasteiger partial charge on any atom is -0.478 e. The van der Waals surface area contributed by atoms with Crippen LogP contribution in [0.3, 0.4) is 0 Å². The number of carboxylic acids is 1. The zero-order chi connectivity index (χ0) is 14.3. The highest BCUT2D eigenvalue weighted by Gasteiger charge is 2.03. The van der Waals surface area contributed by atoms with Gasteiger partial charge in [0.2, 0.25) is 0 Å². The number of hydrogen-bond acceptors (Lipinski definition) is 2. The highest BCUT2D eigenvalue weighted by molar-refractivity contribution is 6.31. The summed E-state index contributed by atoms with van der Waals surface area (Å²) in [7, 11) is 0. The van der Waals surface area contributed by atoms with Gasteiger partial charge in [-0.3, -0.25) is 0 Å². The van der Waals surface area contributed by atoms with Gasteiger partial charge in [0.05, 0.1) is 0 Å². The summed E-state index contributed by atoms with van der Waals surface area (Å²) < 4.78 is 12.9. The topological polar surface area (TPSA) is 49.3 Å². The van der Waals surface area contributed by atoms with Crippen molar-refractivity contribution < 1.29 is 14.3 Å². The first kappa shape index (κ1) is 15.0. The van der Waals surface area contributed by atoms with Crippen LogP contribution >= 0.6 is 11.6 Å². The molecule has 1 rings (SSSR count). The van der Waals surface area contributed by atoms with Crippen molar-refractivity contribution in [3.05, 3.63) is 71.2 Å². The number of carboxylic acid groups (broad SMARTS) is 1. The maximum absolute atomic E-state index is 12.9. The fourth-order valence-corrected chi connectivity index (χ4v) is 1.56. The molecule has 0 fully saturated rings. The monoisotopic (exact) mass is 281 g/mol. The van der Waals surface area contributed by atoms with Gasteiger partial charge in [0.1, 0.15) is 5.82 Å². The molecule has 0 saturated heterocycles. The van der Waals surface area contributed by atoms with E-state index in [1.54, 1.807) is 18.2 Å². The van der Waals surface area contributed by atoms with Gasteiger partial charge in [0.25, 0.3) is 0 Å². The van der Waals surface area contributed by atoms with Gasteiger partial charge in [-0.05, 0) is 23.8 Å². The molecule has 19 heavy (non-hydrogen) atoms. The Kier molecular flexibility index (Phi) is 5.82. The number of halogens is 2. The van der Waals surface area contributed by atoms with E-state index in [9.17, 15) is 9.18 Å². The van der Waals surface area contributed by atoms with Crippen molar-refractivity contribution >= 4 is 17.6 Å². The van der Waals surface area contributed by atoms with E-state index in [1.165, 1.54) is 18.2 Å². The molecule has 1 aromatic rings. The second kappa shape index (κ2) is 7.38. The highest BCUT2D eigenvalue weighted by Crippen LogP contribution is 2.17. The van der Waals surface area contributed by atoms with E-state index in [4.69, 9.17) is 16.7 Å². The van der Waals surface area contributed by atoms with E-state index >= 15 is 0 Å². The number of hydrogen-bond donors (Lipinski definition) is 2. The Hall–Kier alpha value is -2.07. The first-order valence-electron chi connectivity index (χ1n) is 5.44. The lowest BCUT2D eigenvalue weighted by molar-refractivity contribution is -0.131. The summed E-state index contributed by atoms with van der Waals surface area (Å²) in [5, 5.41) is 11.9. The Labute approximate surface area is 115 Å². The Balaban J connectivity index is 2.78. The van der Waals surface area contributed by atoms with Crippen LogP contribution in [0.4, 0.5) is 4.39 Å². The molecule has 0 aliphatic rings. The van der Waals surface area contributed by atoms with E-state index in [2.05, 4.69) is 11.9 Å². The zero-order valence-corrected chi connectivity index (χ0v) is 10.8. The molecule has 3 nitrogen and oxygen atoms in total. The fraction of sp³-hybridized carbons (Fsp3) is 0.0714. The Morgan fingerprint density at radius 2 is 2.26 bits per heavy atom. The smallest absolute Gasteiger partial charge is 0.330 e. The summed E-state index contributed by atoms with van der Waals surface area (Å²) in [5.41, 5.74) is 1.07. The molecule has 0 heterocycles. The van der Waals surface area contributed by atoms with Crippen molar-refractivity contribution in [3.8, 4) is 0 Å². The third kappa shape index (κ3) is 5.40. The molecule has 0 aliphatic carbocycles. The van der Waals surface area contributed by atoms with Crippen LogP contribution in [0.25, 0.3) is 0 Å². The van der Waals surface area contributed by atoms with Gasteiger partial charge in [0, 0.05) is 23.3 Å². The molecule has 5 heteroatoms. The van der Waals surface area contributed by atoms with Gasteiger partial charge in [-0.2, -0.15) is 0 Å². The van der Waals surface area contributed by atoms with Gasteiger partial charge < -0.3 is 10.4 Å². The molecule has 0 unspecified atom stereocenters. The average Bonchev–Trinajstić information content (AvgIpc) is 2.33. The number of carbonyl (C=O) groups is 1. The molecule has 0 saturated carbocycles. The number of aliphatic carboxylic acids is 1. The Morgan fingerprint density at radius 1 is 1.53 bits per heavy atom. The number of allylic oxidation sites excluding steroid dienone is 3. The zero-order valence-electron chi connectivity index (χ0n) is 10.1. The van der Waals surface area contributed by atoms with Crippen molar-refractivity contribution in [2.24, 2.45) is 0 Å². The molecule has 0 atom stereocenters. The van der Waals surface area contributed by atoms with Crippen LogP contribution in [0.15, 0.2) is 54.8 Å². The average molecular weight is 282 g/mol. The van der Waals surface area contributed by atoms with Crippen molar-refractivity contribution in [3.63, 3.8) is 0 Å². The summed E-state index contributed by atoms with van der Waals surface area (Å²) in [6.07, 6.45) is 5.73. The quantitative estimate of drug-likeness (QED) is 0.621. The highest BCUT2D eigenvalue weighted by atomic mass is 35.5. The van der Waals surface area contributed by atoms with Crippen LogP contribution < -0.4 is 5.32 Å². The van der Waals surface area contributed by atoms with E-state index in [1.807, 2.05) is 0 Å².